The zero-order valence-corrected chi connectivity index (χ0v) is 11.3. The standard InChI is InChI=1S/C14H29NO/c1-4-5-6-12-16-14(8-7-9-14)10-11-15-13(2)3/h13,15H,4-12H2,1-3H3. The van der Waals surface area contributed by atoms with Crippen LogP contribution in [0.5, 0.6) is 0 Å². The average Bonchev–Trinajstić information content (AvgIpc) is 2.19. The highest BCUT2D eigenvalue weighted by Gasteiger charge is 2.37. The van der Waals surface area contributed by atoms with Gasteiger partial charge < -0.3 is 10.1 Å². The molecule has 2 heteroatoms. The Morgan fingerprint density at radius 3 is 2.50 bits per heavy atom. The van der Waals surface area contributed by atoms with E-state index >= 15 is 0 Å². The fourth-order valence-electron chi connectivity index (χ4n) is 2.27. The summed E-state index contributed by atoms with van der Waals surface area (Å²) in [5.74, 6) is 0. The molecule has 16 heavy (non-hydrogen) atoms. The van der Waals surface area contributed by atoms with Gasteiger partial charge in [0.2, 0.25) is 0 Å². The van der Waals surface area contributed by atoms with Crippen molar-refractivity contribution in [1.29, 1.82) is 0 Å². The van der Waals surface area contributed by atoms with E-state index in [-0.39, 0.29) is 5.60 Å². The Hall–Kier alpha value is -0.0800. The molecule has 0 amide bonds. The lowest BCUT2D eigenvalue weighted by Gasteiger charge is -2.42. The van der Waals surface area contributed by atoms with Crippen molar-refractivity contribution in [3.63, 3.8) is 0 Å². The average molecular weight is 227 g/mol. The molecular weight excluding hydrogens is 198 g/mol. The Balaban J connectivity index is 2.12. The number of unbranched alkanes of at least 4 members (excludes halogenated alkanes) is 2. The Labute approximate surface area is 101 Å². The summed E-state index contributed by atoms with van der Waals surface area (Å²) < 4.78 is 6.11. The molecule has 1 rings (SSSR count). The maximum absolute atomic E-state index is 6.11. The van der Waals surface area contributed by atoms with Crippen LogP contribution < -0.4 is 5.32 Å². The molecule has 2 nitrogen and oxygen atoms in total. The maximum Gasteiger partial charge on any atom is 0.0694 e. The second kappa shape index (κ2) is 7.29. The number of hydrogen-bond acceptors (Lipinski definition) is 2. The lowest BCUT2D eigenvalue weighted by Crippen LogP contribution is -2.43. The Kier molecular flexibility index (Phi) is 6.37. The molecule has 0 aliphatic heterocycles. The Morgan fingerprint density at radius 1 is 1.25 bits per heavy atom. The summed E-state index contributed by atoms with van der Waals surface area (Å²) in [6.07, 6.45) is 8.92. The highest BCUT2D eigenvalue weighted by atomic mass is 16.5. The summed E-state index contributed by atoms with van der Waals surface area (Å²) >= 11 is 0. The fraction of sp³-hybridized carbons (Fsp3) is 1.00. The summed E-state index contributed by atoms with van der Waals surface area (Å²) in [6.45, 7) is 8.72. The van der Waals surface area contributed by atoms with Crippen LogP contribution in [0.3, 0.4) is 0 Å². The quantitative estimate of drug-likeness (QED) is 0.609. The Bertz CT molecular complexity index is 176. The Morgan fingerprint density at radius 2 is 2.00 bits per heavy atom. The molecule has 0 unspecified atom stereocenters. The van der Waals surface area contributed by atoms with E-state index in [1.54, 1.807) is 0 Å². The first kappa shape index (κ1) is 14.0. The van der Waals surface area contributed by atoms with E-state index in [0.29, 0.717) is 6.04 Å². The van der Waals surface area contributed by atoms with E-state index in [1.807, 2.05) is 0 Å². The van der Waals surface area contributed by atoms with Crippen LogP contribution in [0.15, 0.2) is 0 Å². The van der Waals surface area contributed by atoms with Gasteiger partial charge in [0.05, 0.1) is 5.60 Å². The van der Waals surface area contributed by atoms with Gasteiger partial charge in [-0.25, -0.2) is 0 Å². The molecule has 0 aromatic heterocycles. The van der Waals surface area contributed by atoms with Crippen molar-refractivity contribution in [3.8, 4) is 0 Å². The molecule has 0 aromatic carbocycles. The first-order valence-electron chi connectivity index (χ1n) is 7.06. The van der Waals surface area contributed by atoms with Gasteiger partial charge in [-0.1, -0.05) is 33.6 Å². The fourth-order valence-corrected chi connectivity index (χ4v) is 2.27. The molecule has 0 radical (unpaired) electrons. The SMILES string of the molecule is CCCCCOC1(CCNC(C)C)CCC1. The third kappa shape index (κ3) is 4.84. The van der Waals surface area contributed by atoms with Gasteiger partial charge in [-0.3, -0.25) is 0 Å². The minimum atomic E-state index is 0.246. The molecule has 0 atom stereocenters. The van der Waals surface area contributed by atoms with Crippen LogP contribution in [-0.2, 0) is 4.74 Å². The van der Waals surface area contributed by atoms with E-state index in [9.17, 15) is 0 Å². The smallest absolute Gasteiger partial charge is 0.0694 e. The summed E-state index contributed by atoms with van der Waals surface area (Å²) in [4.78, 5) is 0. The van der Waals surface area contributed by atoms with E-state index in [4.69, 9.17) is 4.74 Å². The van der Waals surface area contributed by atoms with E-state index in [1.165, 1.54) is 44.9 Å². The zero-order chi connectivity index (χ0) is 11.9. The van der Waals surface area contributed by atoms with Crippen molar-refractivity contribution in [2.45, 2.75) is 77.4 Å². The minimum Gasteiger partial charge on any atom is -0.375 e. The lowest BCUT2D eigenvalue weighted by molar-refractivity contribution is -0.105. The first-order chi connectivity index (χ1) is 7.68. The van der Waals surface area contributed by atoms with Crippen LogP contribution in [0.25, 0.3) is 0 Å². The third-order valence-electron chi connectivity index (χ3n) is 3.55. The van der Waals surface area contributed by atoms with Gasteiger partial charge in [0, 0.05) is 12.6 Å². The van der Waals surface area contributed by atoms with Gasteiger partial charge in [0.15, 0.2) is 0 Å². The lowest BCUT2D eigenvalue weighted by atomic mass is 9.77. The molecule has 0 spiro atoms. The summed E-state index contributed by atoms with van der Waals surface area (Å²) in [5.41, 5.74) is 0.246. The van der Waals surface area contributed by atoms with Gasteiger partial charge in [-0.05, 0) is 38.6 Å². The normalized spacial score (nSPS) is 18.8. The molecule has 0 aromatic rings. The van der Waals surface area contributed by atoms with E-state index in [0.717, 1.165) is 13.2 Å². The number of rotatable bonds is 9. The molecular formula is C14H29NO. The monoisotopic (exact) mass is 227 g/mol. The van der Waals surface area contributed by atoms with E-state index in [2.05, 4.69) is 26.1 Å². The number of ether oxygens (including phenoxy) is 1. The molecule has 1 fully saturated rings. The first-order valence-corrected chi connectivity index (χ1v) is 7.06. The van der Waals surface area contributed by atoms with Crippen molar-refractivity contribution < 1.29 is 4.74 Å². The largest absolute Gasteiger partial charge is 0.375 e. The van der Waals surface area contributed by atoms with Crippen LogP contribution in [-0.4, -0.2) is 24.8 Å². The third-order valence-corrected chi connectivity index (χ3v) is 3.55. The molecule has 1 N–H and O–H groups in total. The number of hydrogen-bond donors (Lipinski definition) is 1. The van der Waals surface area contributed by atoms with Crippen molar-refractivity contribution in [3.05, 3.63) is 0 Å². The summed E-state index contributed by atoms with van der Waals surface area (Å²) in [7, 11) is 0. The molecule has 1 aliphatic rings. The van der Waals surface area contributed by atoms with E-state index < -0.39 is 0 Å². The van der Waals surface area contributed by atoms with Crippen molar-refractivity contribution >= 4 is 0 Å². The summed E-state index contributed by atoms with van der Waals surface area (Å²) in [5, 5.41) is 3.49. The van der Waals surface area contributed by atoms with Crippen LogP contribution in [0.1, 0.15) is 65.7 Å². The summed E-state index contributed by atoms with van der Waals surface area (Å²) in [6, 6.07) is 0.595. The molecule has 0 saturated heterocycles. The van der Waals surface area contributed by atoms with Gasteiger partial charge in [-0.15, -0.1) is 0 Å². The predicted octanol–water partition coefficient (Wildman–Crippen LogP) is 3.50. The molecule has 1 aliphatic carbocycles. The van der Waals surface area contributed by atoms with Crippen molar-refractivity contribution in [1.82, 2.24) is 5.32 Å². The van der Waals surface area contributed by atoms with Gasteiger partial charge in [-0.2, -0.15) is 0 Å². The molecule has 1 saturated carbocycles. The molecule has 0 bridgehead atoms. The van der Waals surface area contributed by atoms with Crippen LogP contribution in [0.4, 0.5) is 0 Å². The number of nitrogens with one attached hydrogen (secondary N) is 1. The topological polar surface area (TPSA) is 21.3 Å². The van der Waals surface area contributed by atoms with Crippen LogP contribution in [0.2, 0.25) is 0 Å². The molecule has 0 heterocycles. The van der Waals surface area contributed by atoms with Gasteiger partial charge >= 0.3 is 0 Å². The predicted molar refractivity (Wildman–Crippen MR) is 69.8 cm³/mol. The highest BCUT2D eigenvalue weighted by molar-refractivity contribution is 4.90. The second-order valence-corrected chi connectivity index (χ2v) is 5.45. The minimum absolute atomic E-state index is 0.246. The molecule has 96 valence electrons. The second-order valence-electron chi connectivity index (χ2n) is 5.45. The highest BCUT2D eigenvalue weighted by Crippen LogP contribution is 2.38. The van der Waals surface area contributed by atoms with Crippen molar-refractivity contribution in [2.24, 2.45) is 0 Å². The zero-order valence-electron chi connectivity index (χ0n) is 11.3. The van der Waals surface area contributed by atoms with Gasteiger partial charge in [0.25, 0.3) is 0 Å². The van der Waals surface area contributed by atoms with Crippen molar-refractivity contribution in [2.75, 3.05) is 13.2 Å². The van der Waals surface area contributed by atoms with Gasteiger partial charge in [0.1, 0.15) is 0 Å². The maximum atomic E-state index is 6.11. The van der Waals surface area contributed by atoms with Crippen LogP contribution in [0, 0.1) is 0 Å². The van der Waals surface area contributed by atoms with Crippen LogP contribution >= 0.6 is 0 Å².